The van der Waals surface area contributed by atoms with Crippen molar-refractivity contribution in [3.63, 3.8) is 0 Å². The predicted molar refractivity (Wildman–Crippen MR) is 139 cm³/mol. The number of sulfonamides is 1. The normalized spacial score (nSPS) is 14.8. The molecule has 1 amide bonds. The first-order valence-electron chi connectivity index (χ1n) is 11.2. The molecule has 9 nitrogen and oxygen atoms in total. The van der Waals surface area contributed by atoms with E-state index >= 15 is 0 Å². The molecule has 0 saturated carbocycles. The molecular weight excluding hydrogens is 520 g/mol. The van der Waals surface area contributed by atoms with Gasteiger partial charge in [0.25, 0.3) is 10.0 Å². The fourth-order valence-corrected chi connectivity index (χ4v) is 5.74. The van der Waals surface area contributed by atoms with Crippen molar-refractivity contribution in [1.29, 1.82) is 0 Å². The van der Waals surface area contributed by atoms with Crippen LogP contribution in [0.1, 0.15) is 5.56 Å². The second kappa shape index (κ2) is 10.7. The van der Waals surface area contributed by atoms with Gasteiger partial charge < -0.3 is 19.1 Å². The summed E-state index contributed by atoms with van der Waals surface area (Å²) in [7, 11) is -1.68. The summed E-state index contributed by atoms with van der Waals surface area (Å²) in [6.45, 7) is 1.04. The monoisotopic (exact) mass is 544 g/mol. The smallest absolute Gasteiger partial charge is 0.348 e. The van der Waals surface area contributed by atoms with Gasteiger partial charge in [0.15, 0.2) is 0 Å². The number of methoxy groups -OCH3 is 2. The van der Waals surface area contributed by atoms with E-state index in [4.69, 9.17) is 25.8 Å². The summed E-state index contributed by atoms with van der Waals surface area (Å²) >= 11 is 6.04. The lowest BCUT2D eigenvalue weighted by Gasteiger charge is -2.35. The van der Waals surface area contributed by atoms with Crippen molar-refractivity contribution < 1.29 is 32.2 Å². The van der Waals surface area contributed by atoms with Gasteiger partial charge >= 0.3 is 5.97 Å². The Bertz CT molecular complexity index is 1430. The highest BCUT2D eigenvalue weighted by molar-refractivity contribution is 7.93. The Morgan fingerprint density at radius 2 is 1.78 bits per heavy atom. The minimum atomic E-state index is -4.28. The Kier molecular flexibility index (Phi) is 7.60. The number of aryl methyl sites for hydroxylation is 1. The Morgan fingerprint density at radius 1 is 1.08 bits per heavy atom. The van der Waals surface area contributed by atoms with E-state index in [-0.39, 0.29) is 22.9 Å². The van der Waals surface area contributed by atoms with Crippen LogP contribution in [0.4, 0.5) is 11.4 Å². The van der Waals surface area contributed by atoms with E-state index < -0.39 is 34.5 Å². The molecule has 3 aromatic carbocycles. The Labute approximate surface area is 220 Å². The van der Waals surface area contributed by atoms with Gasteiger partial charge in [0.2, 0.25) is 12.0 Å². The Morgan fingerprint density at radius 3 is 2.46 bits per heavy atom. The average Bonchev–Trinajstić information content (AvgIpc) is 2.91. The second-order valence-electron chi connectivity index (χ2n) is 8.24. The zero-order valence-corrected chi connectivity index (χ0v) is 22.0. The number of hydrogen-bond acceptors (Lipinski definition) is 7. The van der Waals surface area contributed by atoms with Crippen LogP contribution in [0.2, 0.25) is 5.02 Å². The van der Waals surface area contributed by atoms with E-state index in [1.54, 1.807) is 43.3 Å². The number of halogens is 1. The number of para-hydroxylation sites is 2. The van der Waals surface area contributed by atoms with Gasteiger partial charge in [-0.3, -0.25) is 9.10 Å². The van der Waals surface area contributed by atoms with Crippen molar-refractivity contribution in [3.05, 3.63) is 77.3 Å². The standard InChI is InChI=1S/C26H25ClN2O7S/c1-17-8-13-22(34-2)24(14-17)37(32,33)29(19-11-9-18(27)10-12-19)16-25(30)28-15-23(26(31)35-3)36-21-7-5-4-6-20(21)28/h4-14,23H,15-16H2,1-3H3. The van der Waals surface area contributed by atoms with Crippen molar-refractivity contribution >= 4 is 44.9 Å². The van der Waals surface area contributed by atoms with E-state index in [9.17, 15) is 18.0 Å². The first kappa shape index (κ1) is 26.3. The van der Waals surface area contributed by atoms with Crippen LogP contribution in [0.5, 0.6) is 11.5 Å². The average molecular weight is 545 g/mol. The maximum atomic E-state index is 14.0. The van der Waals surface area contributed by atoms with Crippen molar-refractivity contribution in [3.8, 4) is 11.5 Å². The van der Waals surface area contributed by atoms with Crippen molar-refractivity contribution in [2.45, 2.75) is 17.9 Å². The van der Waals surface area contributed by atoms with Gasteiger partial charge in [-0.25, -0.2) is 13.2 Å². The van der Waals surface area contributed by atoms with E-state index in [1.165, 1.54) is 49.5 Å². The Balaban J connectivity index is 1.77. The molecule has 1 unspecified atom stereocenters. The summed E-state index contributed by atoms with van der Waals surface area (Å²) in [5.41, 5.74) is 1.34. The fraction of sp³-hybridized carbons (Fsp3) is 0.231. The molecule has 11 heteroatoms. The summed E-state index contributed by atoms with van der Waals surface area (Å²) < 4.78 is 44.8. The zero-order chi connectivity index (χ0) is 26.7. The van der Waals surface area contributed by atoms with Gasteiger partial charge in [-0.2, -0.15) is 0 Å². The molecule has 0 aromatic heterocycles. The van der Waals surface area contributed by atoms with Gasteiger partial charge in [0.05, 0.1) is 32.1 Å². The molecular formula is C26H25ClN2O7S. The summed E-state index contributed by atoms with van der Waals surface area (Å²) in [4.78, 5) is 27.2. The van der Waals surface area contributed by atoms with Crippen LogP contribution in [0.3, 0.4) is 0 Å². The van der Waals surface area contributed by atoms with Crippen LogP contribution in [0.15, 0.2) is 71.6 Å². The molecule has 1 aliphatic heterocycles. The largest absolute Gasteiger partial charge is 0.495 e. The number of benzene rings is 3. The van der Waals surface area contributed by atoms with Crippen LogP contribution in [0.25, 0.3) is 0 Å². The third kappa shape index (κ3) is 5.35. The highest BCUT2D eigenvalue weighted by Gasteiger charge is 2.37. The van der Waals surface area contributed by atoms with Crippen LogP contribution in [0, 0.1) is 6.92 Å². The maximum absolute atomic E-state index is 14.0. The molecule has 0 saturated heterocycles. The number of anilines is 2. The van der Waals surface area contributed by atoms with Crippen molar-refractivity contribution in [1.82, 2.24) is 0 Å². The molecule has 0 fully saturated rings. The first-order chi connectivity index (χ1) is 17.6. The number of carbonyl (C=O) groups excluding carboxylic acids is 2. The summed E-state index contributed by atoms with van der Waals surface area (Å²) in [6, 6.07) is 17.6. The molecule has 0 aliphatic carbocycles. The SMILES string of the molecule is COC(=O)C1CN(C(=O)CN(c2ccc(Cl)cc2)S(=O)(=O)c2cc(C)ccc2OC)c2ccccc2O1. The third-order valence-corrected chi connectivity index (χ3v) is 7.87. The highest BCUT2D eigenvalue weighted by atomic mass is 35.5. The number of esters is 1. The van der Waals surface area contributed by atoms with Crippen molar-refractivity contribution in [2.24, 2.45) is 0 Å². The summed E-state index contributed by atoms with van der Waals surface area (Å²) in [5, 5.41) is 0.406. The first-order valence-corrected chi connectivity index (χ1v) is 13.0. The van der Waals surface area contributed by atoms with Gasteiger partial charge in [0.1, 0.15) is 22.9 Å². The molecule has 0 radical (unpaired) electrons. The number of nitrogens with zero attached hydrogens (tertiary/aromatic N) is 2. The fourth-order valence-electron chi connectivity index (χ4n) is 3.96. The second-order valence-corrected chi connectivity index (χ2v) is 10.5. The van der Waals surface area contributed by atoms with Gasteiger partial charge in [-0.1, -0.05) is 29.8 Å². The number of fused-ring (bicyclic) bond motifs is 1. The molecule has 0 spiro atoms. The topological polar surface area (TPSA) is 102 Å². The lowest BCUT2D eigenvalue weighted by Crippen LogP contribution is -2.51. The summed E-state index contributed by atoms with van der Waals surface area (Å²) in [5.74, 6) is -0.785. The van der Waals surface area contributed by atoms with Gasteiger partial charge in [-0.05, 0) is 61.0 Å². The number of amides is 1. The number of ether oxygens (including phenoxy) is 3. The highest BCUT2D eigenvalue weighted by Crippen LogP contribution is 2.35. The van der Waals surface area contributed by atoms with E-state index in [1.807, 2.05) is 0 Å². The Hall–Kier alpha value is -3.76. The zero-order valence-electron chi connectivity index (χ0n) is 20.4. The molecule has 1 aliphatic rings. The quantitative estimate of drug-likeness (QED) is 0.417. The van der Waals surface area contributed by atoms with Gasteiger partial charge in [0, 0.05) is 5.02 Å². The van der Waals surface area contributed by atoms with E-state index in [2.05, 4.69) is 0 Å². The minimum absolute atomic E-state index is 0.0902. The van der Waals surface area contributed by atoms with Crippen LogP contribution < -0.4 is 18.7 Å². The number of hydrogen-bond donors (Lipinski definition) is 0. The third-order valence-electron chi connectivity index (χ3n) is 5.82. The number of carbonyl (C=O) groups is 2. The number of rotatable bonds is 7. The van der Waals surface area contributed by atoms with E-state index in [0.717, 1.165) is 4.31 Å². The van der Waals surface area contributed by atoms with Crippen molar-refractivity contribution in [2.75, 3.05) is 36.5 Å². The molecule has 4 rings (SSSR count). The minimum Gasteiger partial charge on any atom is -0.495 e. The lowest BCUT2D eigenvalue weighted by molar-refractivity contribution is -0.148. The lowest BCUT2D eigenvalue weighted by atomic mass is 10.2. The molecule has 0 bridgehead atoms. The van der Waals surface area contributed by atoms with Crippen LogP contribution >= 0.6 is 11.6 Å². The molecule has 1 atom stereocenters. The van der Waals surface area contributed by atoms with E-state index in [0.29, 0.717) is 22.0 Å². The molecule has 0 N–H and O–H groups in total. The molecule has 1 heterocycles. The molecule has 194 valence electrons. The van der Waals surface area contributed by atoms with Crippen LogP contribution in [-0.2, 0) is 24.3 Å². The van der Waals surface area contributed by atoms with Crippen LogP contribution in [-0.4, -0.2) is 53.7 Å². The van der Waals surface area contributed by atoms with Gasteiger partial charge in [-0.15, -0.1) is 0 Å². The molecule has 37 heavy (non-hydrogen) atoms. The maximum Gasteiger partial charge on any atom is 0.348 e. The molecule has 3 aromatic rings. The predicted octanol–water partition coefficient (Wildman–Crippen LogP) is 3.82. The summed E-state index contributed by atoms with van der Waals surface area (Å²) in [6.07, 6.45) is -1.07.